The topological polar surface area (TPSA) is 94.6 Å². The summed E-state index contributed by atoms with van der Waals surface area (Å²) in [5.74, 6) is -0.399. The number of nitrogens with one attached hydrogen (secondary N) is 1. The minimum atomic E-state index is -0.966. The van der Waals surface area contributed by atoms with E-state index in [1.807, 2.05) is 0 Å². The summed E-state index contributed by atoms with van der Waals surface area (Å²) in [5, 5.41) is 3.28. The van der Waals surface area contributed by atoms with Crippen molar-refractivity contribution in [3.63, 3.8) is 0 Å². The first kappa shape index (κ1) is 18.0. The lowest BCUT2D eigenvalue weighted by Crippen LogP contribution is -2.46. The van der Waals surface area contributed by atoms with Gasteiger partial charge in [-0.15, -0.1) is 0 Å². The van der Waals surface area contributed by atoms with E-state index >= 15 is 0 Å². The molecular weight excluding hydrogens is 363 g/mol. The molecular formula is C21H19FN2O4. The lowest BCUT2D eigenvalue weighted by molar-refractivity contribution is -0.120. The Hall–Kier alpha value is -3.35. The van der Waals surface area contributed by atoms with Gasteiger partial charge in [-0.2, -0.15) is 0 Å². The van der Waals surface area contributed by atoms with E-state index in [-0.39, 0.29) is 12.4 Å². The minimum absolute atomic E-state index is 0.0569. The van der Waals surface area contributed by atoms with Gasteiger partial charge in [-0.05, 0) is 44.0 Å². The van der Waals surface area contributed by atoms with Crippen molar-refractivity contribution in [3.05, 3.63) is 65.2 Å². The van der Waals surface area contributed by atoms with Gasteiger partial charge in [-0.1, -0.05) is 18.2 Å². The summed E-state index contributed by atoms with van der Waals surface area (Å²) in [4.78, 5) is 24.3. The second kappa shape index (κ2) is 6.67. The number of hydrogen-bond donors (Lipinski definition) is 2. The number of fused-ring (bicyclic) bond motifs is 1. The number of rotatable bonds is 6. The van der Waals surface area contributed by atoms with Crippen molar-refractivity contribution in [2.24, 2.45) is 5.73 Å². The number of carbonyl (C=O) groups is 2. The molecule has 2 aromatic carbocycles. The van der Waals surface area contributed by atoms with Crippen LogP contribution in [0.2, 0.25) is 0 Å². The van der Waals surface area contributed by atoms with E-state index in [0.29, 0.717) is 46.4 Å². The summed E-state index contributed by atoms with van der Waals surface area (Å²) < 4.78 is 25.1. The lowest BCUT2D eigenvalue weighted by atomic mass is 10.1. The van der Waals surface area contributed by atoms with Crippen LogP contribution in [0.1, 0.15) is 34.5 Å². The fourth-order valence-electron chi connectivity index (χ4n) is 3.19. The molecule has 144 valence electrons. The maximum atomic E-state index is 13.8. The second-order valence-electron chi connectivity index (χ2n) is 6.97. The van der Waals surface area contributed by atoms with E-state index in [2.05, 4.69) is 5.32 Å². The standard InChI is InChI=1S/C21H19FN2O4/c1-12-18(19(25)24-21(8-9-21)20(23)26)15-10-14(6-7-17(15)28-12)27-11-13-4-2-3-5-16(13)22/h2-7,10H,8-9,11H2,1H3,(H2,23,26)(H,24,25). The first-order valence-electron chi connectivity index (χ1n) is 8.91. The maximum absolute atomic E-state index is 13.8. The maximum Gasteiger partial charge on any atom is 0.256 e. The Labute approximate surface area is 160 Å². The molecule has 0 radical (unpaired) electrons. The van der Waals surface area contributed by atoms with Crippen LogP contribution >= 0.6 is 0 Å². The predicted octanol–water partition coefficient (Wildman–Crippen LogP) is 3.21. The highest BCUT2D eigenvalue weighted by atomic mass is 19.1. The van der Waals surface area contributed by atoms with Gasteiger partial charge in [0, 0.05) is 10.9 Å². The smallest absolute Gasteiger partial charge is 0.256 e. The van der Waals surface area contributed by atoms with E-state index in [1.165, 1.54) is 6.07 Å². The van der Waals surface area contributed by atoms with Gasteiger partial charge in [0.1, 0.15) is 35.1 Å². The van der Waals surface area contributed by atoms with Crippen LogP contribution in [0.25, 0.3) is 11.0 Å². The summed E-state index contributed by atoms with van der Waals surface area (Å²) in [6.45, 7) is 1.74. The van der Waals surface area contributed by atoms with Crippen LogP contribution in [-0.2, 0) is 11.4 Å². The molecule has 6 nitrogen and oxygen atoms in total. The van der Waals surface area contributed by atoms with Gasteiger partial charge in [-0.3, -0.25) is 9.59 Å². The molecule has 1 aliphatic rings. The Morgan fingerprint density at radius 1 is 1.25 bits per heavy atom. The van der Waals surface area contributed by atoms with Crippen LogP contribution in [0.4, 0.5) is 4.39 Å². The molecule has 0 atom stereocenters. The van der Waals surface area contributed by atoms with Crippen molar-refractivity contribution >= 4 is 22.8 Å². The van der Waals surface area contributed by atoms with Crippen molar-refractivity contribution in [3.8, 4) is 5.75 Å². The van der Waals surface area contributed by atoms with Crippen LogP contribution in [-0.4, -0.2) is 17.4 Å². The summed E-state index contributed by atoms with van der Waals surface area (Å²) in [6.07, 6.45) is 1.06. The van der Waals surface area contributed by atoms with E-state index in [1.54, 1.807) is 43.3 Å². The van der Waals surface area contributed by atoms with Crippen LogP contribution < -0.4 is 15.8 Å². The zero-order chi connectivity index (χ0) is 19.9. The molecule has 1 fully saturated rings. The lowest BCUT2D eigenvalue weighted by Gasteiger charge is -2.13. The fourth-order valence-corrected chi connectivity index (χ4v) is 3.19. The third-order valence-corrected chi connectivity index (χ3v) is 4.99. The van der Waals surface area contributed by atoms with E-state index in [9.17, 15) is 14.0 Å². The molecule has 0 unspecified atom stereocenters. The molecule has 1 aliphatic carbocycles. The van der Waals surface area contributed by atoms with E-state index in [0.717, 1.165) is 0 Å². The van der Waals surface area contributed by atoms with Gasteiger partial charge in [-0.25, -0.2) is 4.39 Å². The highest BCUT2D eigenvalue weighted by Gasteiger charge is 2.50. The predicted molar refractivity (Wildman–Crippen MR) is 100 cm³/mol. The monoisotopic (exact) mass is 382 g/mol. The number of primary amides is 1. The average molecular weight is 382 g/mol. The number of hydrogen-bond acceptors (Lipinski definition) is 4. The van der Waals surface area contributed by atoms with Gasteiger partial charge < -0.3 is 20.2 Å². The SMILES string of the molecule is Cc1oc2ccc(OCc3ccccc3F)cc2c1C(=O)NC1(C(N)=O)CC1. The zero-order valence-electron chi connectivity index (χ0n) is 15.3. The number of halogens is 1. The Morgan fingerprint density at radius 2 is 2.00 bits per heavy atom. The third kappa shape index (κ3) is 3.19. The molecule has 2 amide bonds. The van der Waals surface area contributed by atoms with Crippen molar-refractivity contribution < 1.29 is 23.1 Å². The van der Waals surface area contributed by atoms with Crippen molar-refractivity contribution in [2.75, 3.05) is 0 Å². The Morgan fingerprint density at radius 3 is 2.68 bits per heavy atom. The second-order valence-corrected chi connectivity index (χ2v) is 6.97. The minimum Gasteiger partial charge on any atom is -0.489 e. The quantitative estimate of drug-likeness (QED) is 0.684. The number of carbonyl (C=O) groups excluding carboxylic acids is 2. The molecule has 0 aliphatic heterocycles. The van der Waals surface area contributed by atoms with Crippen molar-refractivity contribution in [1.29, 1.82) is 0 Å². The number of amides is 2. The summed E-state index contributed by atoms with van der Waals surface area (Å²) in [6, 6.07) is 11.4. The van der Waals surface area contributed by atoms with Crippen LogP contribution in [0, 0.1) is 12.7 Å². The third-order valence-electron chi connectivity index (χ3n) is 4.99. The summed E-state index contributed by atoms with van der Waals surface area (Å²) in [5.41, 5.74) is 5.70. The van der Waals surface area contributed by atoms with Gasteiger partial charge >= 0.3 is 0 Å². The molecule has 0 saturated heterocycles. The van der Waals surface area contributed by atoms with Crippen LogP contribution in [0.15, 0.2) is 46.9 Å². The Bertz CT molecular complexity index is 1090. The molecule has 1 saturated carbocycles. The highest BCUT2D eigenvalue weighted by molar-refractivity contribution is 6.09. The molecule has 1 heterocycles. The zero-order valence-corrected chi connectivity index (χ0v) is 15.3. The van der Waals surface area contributed by atoms with E-state index in [4.69, 9.17) is 14.9 Å². The Kier molecular flexibility index (Phi) is 4.30. The van der Waals surface area contributed by atoms with Gasteiger partial charge in [0.25, 0.3) is 5.91 Å². The summed E-state index contributed by atoms with van der Waals surface area (Å²) >= 11 is 0. The molecule has 3 aromatic rings. The molecule has 28 heavy (non-hydrogen) atoms. The average Bonchev–Trinajstić information content (AvgIpc) is 3.36. The van der Waals surface area contributed by atoms with Crippen LogP contribution in [0.3, 0.4) is 0 Å². The van der Waals surface area contributed by atoms with Crippen molar-refractivity contribution in [2.45, 2.75) is 31.9 Å². The van der Waals surface area contributed by atoms with Gasteiger partial charge in [0.2, 0.25) is 5.91 Å². The number of aryl methyl sites for hydroxylation is 1. The Balaban J connectivity index is 1.60. The fraction of sp³-hybridized carbons (Fsp3) is 0.238. The molecule has 4 rings (SSSR count). The van der Waals surface area contributed by atoms with Crippen LogP contribution in [0.5, 0.6) is 5.75 Å². The molecule has 0 spiro atoms. The normalized spacial score (nSPS) is 14.6. The first-order chi connectivity index (χ1) is 13.4. The van der Waals surface area contributed by atoms with Crippen molar-refractivity contribution in [1.82, 2.24) is 5.32 Å². The van der Waals surface area contributed by atoms with Gasteiger partial charge in [0.15, 0.2) is 0 Å². The number of nitrogens with two attached hydrogens (primary N) is 1. The summed E-state index contributed by atoms with van der Waals surface area (Å²) in [7, 11) is 0. The molecule has 0 bridgehead atoms. The first-order valence-corrected chi connectivity index (χ1v) is 8.91. The molecule has 7 heteroatoms. The highest BCUT2D eigenvalue weighted by Crippen LogP contribution is 2.36. The molecule has 1 aromatic heterocycles. The number of benzene rings is 2. The molecule has 3 N–H and O–H groups in total. The van der Waals surface area contributed by atoms with E-state index < -0.39 is 17.4 Å². The largest absolute Gasteiger partial charge is 0.489 e. The number of furan rings is 1. The van der Waals surface area contributed by atoms with Gasteiger partial charge in [0.05, 0.1) is 5.56 Å². The number of ether oxygens (including phenoxy) is 1.